The van der Waals surface area contributed by atoms with E-state index in [1.165, 1.54) is 98.6 Å². The summed E-state index contributed by atoms with van der Waals surface area (Å²) >= 11 is 0. The van der Waals surface area contributed by atoms with Crippen LogP contribution in [0.5, 0.6) is 0 Å². The van der Waals surface area contributed by atoms with Crippen LogP contribution < -0.4 is 0 Å². The second-order valence-electron chi connectivity index (χ2n) is 15.3. The van der Waals surface area contributed by atoms with Crippen LogP contribution in [0.3, 0.4) is 0 Å². The summed E-state index contributed by atoms with van der Waals surface area (Å²) in [6, 6.07) is 75.3. The summed E-state index contributed by atoms with van der Waals surface area (Å²) in [6.45, 7) is 0. The first-order chi connectivity index (χ1) is 28.8. The van der Waals surface area contributed by atoms with Gasteiger partial charge in [-0.1, -0.05) is 127 Å². The Labute approximate surface area is 333 Å². The minimum Gasteiger partial charge on any atom is -0.309 e. The number of benzene rings is 9. The van der Waals surface area contributed by atoms with Crippen molar-refractivity contribution in [1.29, 1.82) is 0 Å². The van der Waals surface area contributed by atoms with E-state index in [1.54, 1.807) is 0 Å². The maximum Gasteiger partial charge on any atom is 0.0641 e. The van der Waals surface area contributed by atoms with E-state index in [4.69, 9.17) is 0 Å². The van der Waals surface area contributed by atoms with Crippen LogP contribution in [0.4, 0.5) is 0 Å². The molecule has 58 heavy (non-hydrogen) atoms. The van der Waals surface area contributed by atoms with Crippen molar-refractivity contribution in [3.05, 3.63) is 206 Å². The smallest absolute Gasteiger partial charge is 0.0641 e. The molecule has 0 radical (unpaired) electrons. The van der Waals surface area contributed by atoms with Gasteiger partial charge < -0.3 is 18.3 Å². The zero-order valence-corrected chi connectivity index (χ0v) is 31.4. The number of aromatic nitrogens is 4. The summed E-state index contributed by atoms with van der Waals surface area (Å²) in [5.74, 6) is 0. The molecule has 0 atom stereocenters. The lowest BCUT2D eigenvalue weighted by molar-refractivity contribution is 1.17. The van der Waals surface area contributed by atoms with E-state index in [1.807, 2.05) is 0 Å². The van der Waals surface area contributed by atoms with E-state index in [-0.39, 0.29) is 0 Å². The van der Waals surface area contributed by atoms with Gasteiger partial charge in [-0.25, -0.2) is 0 Å². The molecule has 0 aliphatic carbocycles. The highest BCUT2D eigenvalue weighted by molar-refractivity contribution is 6.27. The molecule has 0 fully saturated rings. The van der Waals surface area contributed by atoms with Crippen LogP contribution in [-0.4, -0.2) is 18.3 Å². The van der Waals surface area contributed by atoms with Gasteiger partial charge in [-0.2, -0.15) is 0 Å². The Morgan fingerprint density at radius 1 is 0.207 bits per heavy atom. The van der Waals surface area contributed by atoms with Crippen molar-refractivity contribution >= 4 is 87.2 Å². The topological polar surface area (TPSA) is 19.7 Å². The predicted octanol–water partition coefficient (Wildman–Crippen LogP) is 14.1. The lowest BCUT2D eigenvalue weighted by Gasteiger charge is -2.13. The third kappa shape index (κ3) is 4.13. The molecular weight excluding hydrogens is 705 g/mol. The van der Waals surface area contributed by atoms with E-state index >= 15 is 0 Å². The molecule has 0 saturated heterocycles. The Kier molecular flexibility index (Phi) is 6.41. The molecule has 0 aliphatic heterocycles. The number of para-hydroxylation sites is 6. The van der Waals surface area contributed by atoms with Crippen LogP contribution in [0.25, 0.3) is 110 Å². The molecule has 4 heterocycles. The van der Waals surface area contributed by atoms with Crippen LogP contribution >= 0.6 is 0 Å². The summed E-state index contributed by atoms with van der Waals surface area (Å²) < 4.78 is 9.88. The maximum atomic E-state index is 2.55. The van der Waals surface area contributed by atoms with Gasteiger partial charge in [0, 0.05) is 54.5 Å². The quantitative estimate of drug-likeness (QED) is 0.171. The molecule has 4 aromatic heterocycles. The Bertz CT molecular complexity index is 3780. The van der Waals surface area contributed by atoms with Crippen molar-refractivity contribution in [1.82, 2.24) is 18.3 Å². The lowest BCUT2D eigenvalue weighted by Crippen LogP contribution is -1.98. The molecule has 0 aliphatic rings. The van der Waals surface area contributed by atoms with Crippen LogP contribution in [-0.2, 0) is 0 Å². The second kappa shape index (κ2) is 11.8. The first kappa shape index (κ1) is 31.4. The van der Waals surface area contributed by atoms with E-state index in [0.29, 0.717) is 0 Å². The van der Waals surface area contributed by atoms with E-state index in [2.05, 4.69) is 225 Å². The molecule has 0 unspecified atom stereocenters. The highest BCUT2D eigenvalue weighted by atomic mass is 15.0. The lowest BCUT2D eigenvalue weighted by atomic mass is 10.1. The molecule has 0 amide bonds. The second-order valence-corrected chi connectivity index (χ2v) is 15.3. The molecule has 9 aromatic carbocycles. The molecule has 13 aromatic rings. The molecule has 270 valence electrons. The minimum absolute atomic E-state index is 1.15. The van der Waals surface area contributed by atoms with E-state index < -0.39 is 0 Å². The van der Waals surface area contributed by atoms with Crippen molar-refractivity contribution < 1.29 is 0 Å². The van der Waals surface area contributed by atoms with Crippen LogP contribution in [0.2, 0.25) is 0 Å². The Morgan fingerprint density at radius 3 is 1.14 bits per heavy atom. The van der Waals surface area contributed by atoms with Gasteiger partial charge in [0.15, 0.2) is 0 Å². The van der Waals surface area contributed by atoms with Gasteiger partial charge in [0.25, 0.3) is 0 Å². The highest BCUT2D eigenvalue weighted by Gasteiger charge is 2.25. The molecular formula is C54H34N4. The van der Waals surface area contributed by atoms with E-state index in [0.717, 1.165) is 11.4 Å². The number of hydrogen-bond donors (Lipinski definition) is 0. The molecule has 13 rings (SSSR count). The zero-order valence-electron chi connectivity index (χ0n) is 31.4. The third-order valence-electron chi connectivity index (χ3n) is 12.3. The van der Waals surface area contributed by atoms with Crippen molar-refractivity contribution in [2.24, 2.45) is 0 Å². The largest absolute Gasteiger partial charge is 0.309 e. The number of fused-ring (bicyclic) bond motifs is 13. The summed E-state index contributed by atoms with van der Waals surface area (Å²) in [7, 11) is 0. The summed E-state index contributed by atoms with van der Waals surface area (Å²) in [6.07, 6.45) is 0. The van der Waals surface area contributed by atoms with Gasteiger partial charge in [-0.05, 0) is 78.9 Å². The molecule has 0 bridgehead atoms. The first-order valence-electron chi connectivity index (χ1n) is 20.0. The number of nitrogens with zero attached hydrogens (tertiary/aromatic N) is 4. The van der Waals surface area contributed by atoms with Gasteiger partial charge in [-0.15, -0.1) is 0 Å². The number of rotatable bonds is 4. The Balaban J connectivity index is 1.18. The fourth-order valence-electron chi connectivity index (χ4n) is 10.1. The maximum absolute atomic E-state index is 2.55. The molecule has 0 saturated carbocycles. The Morgan fingerprint density at radius 2 is 0.586 bits per heavy atom. The fourth-order valence-corrected chi connectivity index (χ4v) is 10.1. The van der Waals surface area contributed by atoms with Gasteiger partial charge in [0.05, 0.1) is 55.5 Å². The fraction of sp³-hybridized carbons (Fsp3) is 0. The van der Waals surface area contributed by atoms with Crippen molar-refractivity contribution in [3.63, 3.8) is 0 Å². The van der Waals surface area contributed by atoms with E-state index in [9.17, 15) is 0 Å². The summed E-state index contributed by atoms with van der Waals surface area (Å²) in [5.41, 5.74) is 14.2. The van der Waals surface area contributed by atoms with Gasteiger partial charge in [0.1, 0.15) is 0 Å². The van der Waals surface area contributed by atoms with Gasteiger partial charge in [0.2, 0.25) is 0 Å². The normalized spacial score (nSPS) is 12.1. The molecule has 0 N–H and O–H groups in total. The average Bonchev–Trinajstić information content (AvgIpc) is 4.02. The van der Waals surface area contributed by atoms with Gasteiger partial charge in [-0.3, -0.25) is 0 Å². The Hall–Kier alpha value is -7.82. The molecule has 4 nitrogen and oxygen atoms in total. The third-order valence-corrected chi connectivity index (χ3v) is 12.3. The molecule has 0 spiro atoms. The van der Waals surface area contributed by atoms with Gasteiger partial charge >= 0.3 is 0 Å². The SMILES string of the molecule is c1ccc(-n2c3ccccc3c3c(-n4c5ccccc5c5c(-n6c7ccccc7c7ccc8c(c9ccccc9n8-c8ccccc8)c76)cccc54)cccc32)cc1. The minimum atomic E-state index is 1.15. The van der Waals surface area contributed by atoms with Crippen LogP contribution in [0, 0.1) is 0 Å². The summed E-state index contributed by atoms with van der Waals surface area (Å²) in [4.78, 5) is 0. The molecule has 4 heteroatoms. The summed E-state index contributed by atoms with van der Waals surface area (Å²) in [5, 5.41) is 9.92. The predicted molar refractivity (Wildman–Crippen MR) is 244 cm³/mol. The van der Waals surface area contributed by atoms with Crippen molar-refractivity contribution in [2.45, 2.75) is 0 Å². The van der Waals surface area contributed by atoms with Crippen molar-refractivity contribution in [3.8, 4) is 22.7 Å². The first-order valence-corrected chi connectivity index (χ1v) is 20.0. The van der Waals surface area contributed by atoms with Crippen molar-refractivity contribution in [2.75, 3.05) is 0 Å². The number of hydrogen-bond acceptors (Lipinski definition) is 0. The van der Waals surface area contributed by atoms with Crippen LogP contribution in [0.1, 0.15) is 0 Å². The highest BCUT2D eigenvalue weighted by Crippen LogP contribution is 2.46. The monoisotopic (exact) mass is 738 g/mol. The van der Waals surface area contributed by atoms with Crippen LogP contribution in [0.15, 0.2) is 206 Å². The zero-order chi connectivity index (χ0) is 37.9. The average molecular weight is 739 g/mol. The standard InChI is InChI=1S/C54H34N4/c1-3-17-35(18-4-1)55-43-26-12-8-22-39(43)51-46(55)29-15-30-47(51)57-45-28-14-9-23-40(45)52-48(57)31-16-32-49(52)58-42-25-11-7-21-37(42)38-33-34-50-53(54(38)58)41-24-10-13-27-44(41)56(50)36-19-5-2-6-20-36/h1-34H.